The Bertz CT molecular complexity index is 1500. The van der Waals surface area contributed by atoms with E-state index in [1.165, 1.54) is 0 Å². The van der Waals surface area contributed by atoms with Crippen LogP contribution < -0.4 is 14.9 Å². The fourth-order valence-corrected chi connectivity index (χ4v) is 3.99. The lowest BCUT2D eigenvalue weighted by atomic mass is 10.1. The predicted octanol–water partition coefficient (Wildman–Crippen LogP) is 7.38. The second kappa shape index (κ2) is 9.18. The molecule has 0 atom stereocenters. The van der Waals surface area contributed by atoms with Gasteiger partial charge in [0.1, 0.15) is 24.5 Å². The van der Waals surface area contributed by atoms with Crippen molar-refractivity contribution in [2.75, 3.05) is 13.2 Å². The summed E-state index contributed by atoms with van der Waals surface area (Å²) in [6, 6.07) is 25.8. The number of hydrogen-bond donors (Lipinski definition) is 0. The van der Waals surface area contributed by atoms with Crippen molar-refractivity contribution < 1.29 is 13.9 Å². The monoisotopic (exact) mass is 476 g/mol. The molecule has 5 rings (SSSR count). The highest BCUT2D eigenvalue weighted by Crippen LogP contribution is 2.32. The molecule has 0 aliphatic rings. The quantitative estimate of drug-likeness (QED) is 0.240. The van der Waals surface area contributed by atoms with Gasteiger partial charge in [0.25, 0.3) is 0 Å². The maximum absolute atomic E-state index is 13.3. The number of ether oxygens (including phenoxy) is 2. The Morgan fingerprint density at radius 3 is 2.30 bits per heavy atom. The lowest BCUT2D eigenvalue weighted by Gasteiger charge is -2.13. The molecule has 0 aliphatic heterocycles. The first-order valence-corrected chi connectivity index (χ1v) is 11.1. The zero-order valence-corrected chi connectivity index (χ0v) is 18.9. The molecule has 0 bridgehead atoms. The number of halogens is 2. The van der Waals surface area contributed by atoms with Crippen LogP contribution in [-0.4, -0.2) is 13.2 Å². The van der Waals surface area contributed by atoms with E-state index in [1.807, 2.05) is 42.5 Å². The van der Waals surface area contributed by atoms with Crippen molar-refractivity contribution >= 4 is 44.9 Å². The first-order chi connectivity index (χ1) is 16.1. The van der Waals surface area contributed by atoms with Crippen LogP contribution in [0.1, 0.15) is 0 Å². The van der Waals surface area contributed by atoms with Crippen molar-refractivity contribution in [2.24, 2.45) is 0 Å². The minimum Gasteiger partial charge on any atom is -0.489 e. The van der Waals surface area contributed by atoms with Gasteiger partial charge >= 0.3 is 0 Å². The lowest BCUT2D eigenvalue weighted by molar-refractivity contribution is 0.216. The SMILES string of the molecule is O=c1c(OCCOc2cccc3ccccc23)c(-c2ccc(Cl)cc2)oc2ccc(Cl)cc12. The highest BCUT2D eigenvalue weighted by atomic mass is 35.5. The lowest BCUT2D eigenvalue weighted by Crippen LogP contribution is -2.15. The van der Waals surface area contributed by atoms with E-state index in [0.717, 1.165) is 16.5 Å². The molecule has 0 fully saturated rings. The molecule has 0 spiro atoms. The Morgan fingerprint density at radius 2 is 1.45 bits per heavy atom. The first-order valence-electron chi connectivity index (χ1n) is 10.4. The fourth-order valence-electron chi connectivity index (χ4n) is 3.69. The molecule has 4 aromatic carbocycles. The van der Waals surface area contributed by atoms with Gasteiger partial charge in [-0.3, -0.25) is 4.79 Å². The summed E-state index contributed by atoms with van der Waals surface area (Å²) in [4.78, 5) is 13.3. The third kappa shape index (κ3) is 4.40. The highest BCUT2D eigenvalue weighted by molar-refractivity contribution is 6.31. The van der Waals surface area contributed by atoms with Crippen LogP contribution in [0.2, 0.25) is 10.0 Å². The summed E-state index contributed by atoms with van der Waals surface area (Å²) in [6.07, 6.45) is 0. The van der Waals surface area contributed by atoms with E-state index in [4.69, 9.17) is 37.1 Å². The van der Waals surface area contributed by atoms with Gasteiger partial charge in [0.15, 0.2) is 5.76 Å². The molecular weight excluding hydrogens is 459 g/mol. The highest BCUT2D eigenvalue weighted by Gasteiger charge is 2.18. The van der Waals surface area contributed by atoms with Crippen LogP contribution in [0, 0.1) is 0 Å². The average molecular weight is 477 g/mol. The molecule has 0 radical (unpaired) electrons. The zero-order valence-electron chi connectivity index (χ0n) is 17.4. The molecule has 33 heavy (non-hydrogen) atoms. The Balaban J connectivity index is 1.45. The van der Waals surface area contributed by atoms with Crippen molar-refractivity contribution in [1.29, 1.82) is 0 Å². The van der Waals surface area contributed by atoms with Gasteiger partial charge in [0.2, 0.25) is 11.2 Å². The van der Waals surface area contributed by atoms with E-state index in [1.54, 1.807) is 42.5 Å². The predicted molar refractivity (Wildman–Crippen MR) is 133 cm³/mol. The average Bonchev–Trinajstić information content (AvgIpc) is 2.84. The molecular formula is C27H18Cl2O4. The molecule has 164 valence electrons. The summed E-state index contributed by atoms with van der Waals surface area (Å²) < 4.78 is 17.9. The van der Waals surface area contributed by atoms with E-state index in [0.29, 0.717) is 32.3 Å². The van der Waals surface area contributed by atoms with Crippen molar-refractivity contribution in [3.63, 3.8) is 0 Å². The molecule has 1 aromatic heterocycles. The fraction of sp³-hybridized carbons (Fsp3) is 0.0741. The van der Waals surface area contributed by atoms with Gasteiger partial charge < -0.3 is 13.9 Å². The van der Waals surface area contributed by atoms with Crippen molar-refractivity contribution in [1.82, 2.24) is 0 Å². The summed E-state index contributed by atoms with van der Waals surface area (Å²) in [5.74, 6) is 1.19. The summed E-state index contributed by atoms with van der Waals surface area (Å²) in [5.41, 5.74) is 0.806. The van der Waals surface area contributed by atoms with Crippen LogP contribution in [-0.2, 0) is 0 Å². The van der Waals surface area contributed by atoms with Crippen molar-refractivity contribution in [2.45, 2.75) is 0 Å². The summed E-state index contributed by atoms with van der Waals surface area (Å²) in [6.45, 7) is 0.404. The molecule has 4 nitrogen and oxygen atoms in total. The van der Waals surface area contributed by atoms with Crippen LogP contribution in [0.15, 0.2) is 94.1 Å². The Labute approximate surface area is 199 Å². The molecule has 1 heterocycles. The second-order valence-corrected chi connectivity index (χ2v) is 8.28. The van der Waals surface area contributed by atoms with Crippen molar-refractivity contribution in [3.05, 3.63) is 105 Å². The number of benzene rings is 4. The van der Waals surface area contributed by atoms with Crippen LogP contribution >= 0.6 is 23.2 Å². The van der Waals surface area contributed by atoms with E-state index in [2.05, 4.69) is 0 Å². The molecule has 5 aromatic rings. The Kier molecular flexibility index (Phi) is 5.95. The van der Waals surface area contributed by atoms with Crippen LogP contribution in [0.25, 0.3) is 33.1 Å². The van der Waals surface area contributed by atoms with Gasteiger partial charge in [0, 0.05) is 21.0 Å². The van der Waals surface area contributed by atoms with Gasteiger partial charge in [-0.1, -0.05) is 59.6 Å². The largest absolute Gasteiger partial charge is 0.489 e. The molecule has 0 saturated heterocycles. The number of rotatable bonds is 6. The van der Waals surface area contributed by atoms with Crippen LogP contribution in [0.3, 0.4) is 0 Å². The molecule has 0 amide bonds. The standard InChI is InChI=1S/C27H18Cl2O4/c28-19-10-8-18(9-11-19)26-27(25(30)22-16-20(29)12-13-24(22)33-26)32-15-14-31-23-7-3-5-17-4-1-2-6-21(17)23/h1-13,16H,14-15H2. The van der Waals surface area contributed by atoms with E-state index >= 15 is 0 Å². The zero-order chi connectivity index (χ0) is 22.8. The summed E-state index contributed by atoms with van der Waals surface area (Å²) >= 11 is 12.1. The normalized spacial score (nSPS) is 11.1. The van der Waals surface area contributed by atoms with Crippen molar-refractivity contribution in [3.8, 4) is 22.8 Å². The molecule has 0 N–H and O–H groups in total. The topological polar surface area (TPSA) is 48.7 Å². The Hall–Kier alpha value is -3.47. The van der Waals surface area contributed by atoms with Crippen LogP contribution in [0.4, 0.5) is 0 Å². The summed E-state index contributed by atoms with van der Waals surface area (Å²) in [7, 11) is 0. The molecule has 0 saturated carbocycles. The molecule has 0 unspecified atom stereocenters. The van der Waals surface area contributed by atoms with Gasteiger partial charge in [0.05, 0.1) is 5.39 Å². The van der Waals surface area contributed by atoms with E-state index in [-0.39, 0.29) is 24.4 Å². The third-order valence-corrected chi connectivity index (χ3v) is 5.74. The first kappa shape index (κ1) is 21.4. The smallest absolute Gasteiger partial charge is 0.235 e. The molecule has 6 heteroatoms. The third-order valence-electron chi connectivity index (χ3n) is 5.25. The molecule has 0 aliphatic carbocycles. The maximum atomic E-state index is 13.3. The van der Waals surface area contributed by atoms with E-state index < -0.39 is 0 Å². The van der Waals surface area contributed by atoms with Gasteiger partial charge in [-0.05, 0) is 53.9 Å². The number of fused-ring (bicyclic) bond motifs is 2. The second-order valence-electron chi connectivity index (χ2n) is 7.41. The summed E-state index contributed by atoms with van der Waals surface area (Å²) in [5, 5.41) is 3.49. The Morgan fingerprint density at radius 1 is 0.727 bits per heavy atom. The minimum absolute atomic E-state index is 0.105. The van der Waals surface area contributed by atoms with Gasteiger partial charge in [-0.25, -0.2) is 0 Å². The van der Waals surface area contributed by atoms with Crippen LogP contribution in [0.5, 0.6) is 11.5 Å². The van der Waals surface area contributed by atoms with E-state index in [9.17, 15) is 4.79 Å². The van der Waals surface area contributed by atoms with Gasteiger partial charge in [-0.15, -0.1) is 0 Å². The maximum Gasteiger partial charge on any atom is 0.235 e. The van der Waals surface area contributed by atoms with Gasteiger partial charge in [-0.2, -0.15) is 0 Å². The number of hydrogen-bond acceptors (Lipinski definition) is 4. The minimum atomic E-state index is -0.297.